The summed E-state index contributed by atoms with van der Waals surface area (Å²) in [6.07, 6.45) is 5.26. The molecule has 0 aliphatic heterocycles. The maximum Gasteiger partial charge on any atom is 0.164 e. The number of rotatable bonds is 3. The van der Waals surface area contributed by atoms with Crippen molar-refractivity contribution in [3.8, 4) is 0 Å². The van der Waals surface area contributed by atoms with E-state index in [2.05, 4.69) is 12.1 Å². The van der Waals surface area contributed by atoms with Gasteiger partial charge in [-0.1, -0.05) is 12.1 Å². The van der Waals surface area contributed by atoms with Gasteiger partial charge in [-0.15, -0.1) is 11.6 Å². The van der Waals surface area contributed by atoms with Crippen LogP contribution in [0.3, 0.4) is 0 Å². The molecule has 0 saturated heterocycles. The number of ketones is 1. The van der Waals surface area contributed by atoms with Crippen molar-refractivity contribution in [2.45, 2.75) is 32.1 Å². The number of hydrogen-bond donors (Lipinski definition) is 0. The molecule has 1 nitrogen and oxygen atoms in total. The number of halogens is 1. The minimum atomic E-state index is 0.165. The van der Waals surface area contributed by atoms with E-state index in [-0.39, 0.29) is 5.78 Å². The molecule has 80 valence electrons. The maximum atomic E-state index is 11.6. The first-order valence-electron chi connectivity index (χ1n) is 5.52. The van der Waals surface area contributed by atoms with Gasteiger partial charge in [0.15, 0.2) is 5.78 Å². The second kappa shape index (κ2) is 4.80. The Morgan fingerprint density at radius 1 is 1.20 bits per heavy atom. The monoisotopic (exact) mass is 222 g/mol. The third kappa shape index (κ3) is 2.40. The van der Waals surface area contributed by atoms with Crippen LogP contribution < -0.4 is 0 Å². The van der Waals surface area contributed by atoms with E-state index in [1.54, 1.807) is 0 Å². The van der Waals surface area contributed by atoms with E-state index in [1.165, 1.54) is 30.4 Å². The lowest BCUT2D eigenvalue weighted by molar-refractivity contribution is 0.0989. The number of benzene rings is 1. The van der Waals surface area contributed by atoms with Crippen molar-refractivity contribution in [3.05, 3.63) is 34.9 Å². The highest BCUT2D eigenvalue weighted by Gasteiger charge is 2.12. The molecular formula is C13H15ClO. The van der Waals surface area contributed by atoms with E-state index in [0.717, 1.165) is 12.0 Å². The Hall–Kier alpha value is -0.820. The van der Waals surface area contributed by atoms with Gasteiger partial charge in [0.2, 0.25) is 0 Å². The summed E-state index contributed by atoms with van der Waals surface area (Å²) in [7, 11) is 0. The van der Waals surface area contributed by atoms with Crippen molar-refractivity contribution < 1.29 is 4.79 Å². The van der Waals surface area contributed by atoms with Crippen molar-refractivity contribution in [3.63, 3.8) is 0 Å². The number of carbonyl (C=O) groups is 1. The molecule has 1 aromatic rings. The van der Waals surface area contributed by atoms with Gasteiger partial charge in [0.25, 0.3) is 0 Å². The molecule has 0 fully saturated rings. The van der Waals surface area contributed by atoms with Crippen LogP contribution in [-0.2, 0) is 12.8 Å². The number of fused-ring (bicyclic) bond motifs is 1. The van der Waals surface area contributed by atoms with Crippen molar-refractivity contribution in [1.82, 2.24) is 0 Å². The summed E-state index contributed by atoms with van der Waals surface area (Å²) in [6, 6.07) is 6.11. The van der Waals surface area contributed by atoms with E-state index in [1.807, 2.05) is 6.07 Å². The van der Waals surface area contributed by atoms with Crippen LogP contribution >= 0.6 is 11.6 Å². The fourth-order valence-corrected chi connectivity index (χ4v) is 2.31. The van der Waals surface area contributed by atoms with Gasteiger partial charge in [-0.05, 0) is 42.9 Å². The molecule has 0 radical (unpaired) electrons. The number of Topliss-reactive ketones (excluding diaryl/α,β-unsaturated/α-hetero) is 1. The molecule has 0 heterocycles. The van der Waals surface area contributed by atoms with Gasteiger partial charge in [-0.2, -0.15) is 0 Å². The minimum absolute atomic E-state index is 0.165. The van der Waals surface area contributed by atoms with Crippen LogP contribution in [0.2, 0.25) is 0 Å². The third-order valence-electron chi connectivity index (χ3n) is 2.99. The predicted molar refractivity (Wildman–Crippen MR) is 62.8 cm³/mol. The topological polar surface area (TPSA) is 17.1 Å². The molecule has 1 aromatic carbocycles. The normalized spacial score (nSPS) is 14.7. The Balaban J connectivity index is 2.24. The molecule has 0 saturated carbocycles. The van der Waals surface area contributed by atoms with E-state index in [4.69, 9.17) is 11.6 Å². The number of carbonyl (C=O) groups excluding carboxylic acids is 1. The maximum absolute atomic E-state index is 11.6. The van der Waals surface area contributed by atoms with Crippen molar-refractivity contribution in [1.29, 1.82) is 0 Å². The fraction of sp³-hybridized carbons (Fsp3) is 0.462. The minimum Gasteiger partial charge on any atom is -0.294 e. The zero-order valence-electron chi connectivity index (χ0n) is 8.76. The average molecular weight is 223 g/mol. The second-order valence-electron chi connectivity index (χ2n) is 4.05. The SMILES string of the molecule is O=C(CCCl)c1ccc2c(c1)CCCC2. The van der Waals surface area contributed by atoms with Gasteiger partial charge < -0.3 is 0 Å². The van der Waals surface area contributed by atoms with Gasteiger partial charge in [0.1, 0.15) is 0 Å². The Kier molecular flexibility index (Phi) is 3.42. The molecule has 1 aliphatic rings. The van der Waals surface area contributed by atoms with Crippen LogP contribution in [-0.4, -0.2) is 11.7 Å². The van der Waals surface area contributed by atoms with Crippen LogP contribution in [0.25, 0.3) is 0 Å². The smallest absolute Gasteiger partial charge is 0.164 e. The molecule has 2 rings (SSSR count). The lowest BCUT2D eigenvalue weighted by atomic mass is 9.89. The Labute approximate surface area is 95.4 Å². The van der Waals surface area contributed by atoms with Gasteiger partial charge >= 0.3 is 0 Å². The molecular weight excluding hydrogens is 208 g/mol. The Morgan fingerprint density at radius 2 is 1.93 bits per heavy atom. The van der Waals surface area contributed by atoms with Crippen molar-refractivity contribution in [2.75, 3.05) is 5.88 Å². The summed E-state index contributed by atoms with van der Waals surface area (Å²) in [4.78, 5) is 11.6. The molecule has 1 aliphatic carbocycles. The standard InChI is InChI=1S/C13H15ClO/c14-8-7-13(15)12-6-5-10-3-1-2-4-11(10)9-12/h5-6,9H,1-4,7-8H2. The molecule has 0 amide bonds. The molecule has 0 atom stereocenters. The van der Waals surface area contributed by atoms with Crippen LogP contribution in [0.4, 0.5) is 0 Å². The fourth-order valence-electron chi connectivity index (χ4n) is 2.14. The summed E-state index contributed by atoms with van der Waals surface area (Å²) >= 11 is 5.57. The summed E-state index contributed by atoms with van der Waals surface area (Å²) in [5.41, 5.74) is 3.61. The molecule has 2 heteroatoms. The van der Waals surface area contributed by atoms with E-state index >= 15 is 0 Å². The van der Waals surface area contributed by atoms with Gasteiger partial charge in [-0.3, -0.25) is 4.79 Å². The Morgan fingerprint density at radius 3 is 2.67 bits per heavy atom. The van der Waals surface area contributed by atoms with Crippen LogP contribution in [0.5, 0.6) is 0 Å². The lowest BCUT2D eigenvalue weighted by Crippen LogP contribution is -2.06. The molecule has 0 spiro atoms. The summed E-state index contributed by atoms with van der Waals surface area (Å²) in [5, 5.41) is 0. The van der Waals surface area contributed by atoms with Crippen molar-refractivity contribution in [2.24, 2.45) is 0 Å². The highest BCUT2D eigenvalue weighted by molar-refractivity contribution is 6.19. The summed E-state index contributed by atoms with van der Waals surface area (Å²) in [5.74, 6) is 0.578. The largest absolute Gasteiger partial charge is 0.294 e. The first-order valence-corrected chi connectivity index (χ1v) is 6.05. The zero-order valence-corrected chi connectivity index (χ0v) is 9.52. The second-order valence-corrected chi connectivity index (χ2v) is 4.43. The number of hydrogen-bond acceptors (Lipinski definition) is 1. The first kappa shape index (κ1) is 10.7. The zero-order chi connectivity index (χ0) is 10.7. The highest BCUT2D eigenvalue weighted by Crippen LogP contribution is 2.22. The quantitative estimate of drug-likeness (QED) is 0.566. The third-order valence-corrected chi connectivity index (χ3v) is 3.18. The van der Waals surface area contributed by atoms with Gasteiger partial charge in [0, 0.05) is 17.9 Å². The van der Waals surface area contributed by atoms with Gasteiger partial charge in [0.05, 0.1) is 0 Å². The molecule has 0 unspecified atom stereocenters. The van der Waals surface area contributed by atoms with E-state index in [9.17, 15) is 4.79 Å². The van der Waals surface area contributed by atoms with Crippen molar-refractivity contribution >= 4 is 17.4 Å². The summed E-state index contributed by atoms with van der Waals surface area (Å²) < 4.78 is 0. The van der Waals surface area contributed by atoms with Gasteiger partial charge in [-0.25, -0.2) is 0 Å². The number of alkyl halides is 1. The van der Waals surface area contributed by atoms with E-state index in [0.29, 0.717) is 12.3 Å². The summed E-state index contributed by atoms with van der Waals surface area (Å²) in [6.45, 7) is 0. The average Bonchev–Trinajstić information content (AvgIpc) is 2.29. The predicted octanol–water partition coefficient (Wildman–Crippen LogP) is 3.38. The molecule has 0 N–H and O–H groups in total. The molecule has 0 aromatic heterocycles. The first-order chi connectivity index (χ1) is 7.31. The highest BCUT2D eigenvalue weighted by atomic mass is 35.5. The molecule has 0 bridgehead atoms. The van der Waals surface area contributed by atoms with Crippen LogP contribution in [0.1, 0.15) is 40.7 Å². The lowest BCUT2D eigenvalue weighted by Gasteiger charge is -2.16. The number of aryl methyl sites for hydroxylation is 2. The van der Waals surface area contributed by atoms with Crippen LogP contribution in [0.15, 0.2) is 18.2 Å². The molecule has 15 heavy (non-hydrogen) atoms. The Bertz CT molecular complexity index is 371. The van der Waals surface area contributed by atoms with Crippen LogP contribution in [0, 0.1) is 0 Å². The van der Waals surface area contributed by atoms with E-state index < -0.39 is 0 Å².